The summed E-state index contributed by atoms with van der Waals surface area (Å²) in [5, 5.41) is 0. The molecule has 2 aliphatic heterocycles. The highest BCUT2D eigenvalue weighted by atomic mass is 16.8. The lowest BCUT2D eigenvalue weighted by atomic mass is 10.0. The number of esters is 2. The number of ether oxygens (including phenoxy) is 4. The molecule has 0 spiro atoms. The van der Waals surface area contributed by atoms with Gasteiger partial charge in [-0.1, -0.05) is 35.4 Å². The number of carbonyl (C=O) groups is 2. The van der Waals surface area contributed by atoms with Crippen LogP contribution in [-0.2, 0) is 18.9 Å². The molecule has 0 aliphatic carbocycles. The minimum absolute atomic E-state index is 0.0198. The standard InChI is InChI=1S/C22H22O6/c1-13-4-8-15(9-5-13)19(23)25-12-17-18(22(3)21(26-17)28-22)27-20(24)16-10-6-14(2)7-11-16/h4-11,17-18,21H,12H2,1-3H3/t17-,18-,21+,22-/m1/s1. The molecule has 0 unspecified atom stereocenters. The molecule has 0 aromatic heterocycles. The van der Waals surface area contributed by atoms with Gasteiger partial charge in [0.1, 0.15) is 12.7 Å². The van der Waals surface area contributed by atoms with Crippen LogP contribution in [0.2, 0.25) is 0 Å². The Bertz CT molecular complexity index is 888. The summed E-state index contributed by atoms with van der Waals surface area (Å²) in [4.78, 5) is 24.8. The number of aryl methyl sites for hydroxylation is 2. The first kappa shape index (κ1) is 18.7. The summed E-state index contributed by atoms with van der Waals surface area (Å²) in [6, 6.07) is 14.2. The van der Waals surface area contributed by atoms with E-state index in [1.165, 1.54) is 0 Å². The van der Waals surface area contributed by atoms with Crippen molar-refractivity contribution < 1.29 is 28.5 Å². The van der Waals surface area contributed by atoms with E-state index in [0.29, 0.717) is 11.1 Å². The second-order valence-electron chi connectivity index (χ2n) is 7.46. The molecule has 0 amide bonds. The Kier molecular flexibility index (Phi) is 4.69. The molecule has 146 valence electrons. The molecule has 0 bridgehead atoms. The first-order chi connectivity index (χ1) is 13.4. The summed E-state index contributed by atoms with van der Waals surface area (Å²) in [6.07, 6.45) is -1.68. The van der Waals surface area contributed by atoms with Crippen molar-refractivity contribution in [3.05, 3.63) is 70.8 Å². The lowest BCUT2D eigenvalue weighted by Gasteiger charge is -2.24. The molecule has 2 aliphatic rings. The van der Waals surface area contributed by atoms with Gasteiger partial charge in [0.2, 0.25) is 0 Å². The lowest BCUT2D eigenvalue weighted by Crippen LogP contribution is -2.41. The highest BCUT2D eigenvalue weighted by molar-refractivity contribution is 5.90. The van der Waals surface area contributed by atoms with E-state index < -0.39 is 36.0 Å². The van der Waals surface area contributed by atoms with Crippen molar-refractivity contribution >= 4 is 11.9 Å². The van der Waals surface area contributed by atoms with Crippen LogP contribution in [0.1, 0.15) is 38.8 Å². The van der Waals surface area contributed by atoms with Gasteiger partial charge in [-0.15, -0.1) is 0 Å². The first-order valence-corrected chi connectivity index (χ1v) is 9.21. The van der Waals surface area contributed by atoms with Crippen molar-refractivity contribution in [1.29, 1.82) is 0 Å². The maximum absolute atomic E-state index is 12.5. The summed E-state index contributed by atoms with van der Waals surface area (Å²) in [5.41, 5.74) is 2.32. The third-order valence-electron chi connectivity index (χ3n) is 5.16. The van der Waals surface area contributed by atoms with Crippen LogP contribution in [0.25, 0.3) is 0 Å². The molecule has 0 N–H and O–H groups in total. The van der Waals surface area contributed by atoms with E-state index in [1.54, 1.807) is 24.3 Å². The topological polar surface area (TPSA) is 74.4 Å². The minimum Gasteiger partial charge on any atom is -0.459 e. The number of rotatable bonds is 5. The number of hydrogen-bond acceptors (Lipinski definition) is 6. The molecule has 2 heterocycles. The zero-order chi connectivity index (χ0) is 19.9. The Hall–Kier alpha value is -2.70. The van der Waals surface area contributed by atoms with E-state index in [0.717, 1.165) is 11.1 Å². The van der Waals surface area contributed by atoms with E-state index in [1.807, 2.05) is 45.0 Å². The molecule has 6 heteroatoms. The second kappa shape index (κ2) is 7.04. The predicted molar refractivity (Wildman–Crippen MR) is 100.0 cm³/mol. The molecule has 0 saturated carbocycles. The van der Waals surface area contributed by atoms with Crippen LogP contribution in [0.5, 0.6) is 0 Å². The summed E-state index contributed by atoms with van der Waals surface area (Å²) < 4.78 is 22.3. The van der Waals surface area contributed by atoms with Gasteiger partial charge in [0.05, 0.1) is 11.1 Å². The van der Waals surface area contributed by atoms with Gasteiger partial charge in [-0.05, 0) is 45.0 Å². The number of benzene rings is 2. The van der Waals surface area contributed by atoms with Crippen molar-refractivity contribution in [3.8, 4) is 0 Å². The smallest absolute Gasteiger partial charge is 0.338 e. The van der Waals surface area contributed by atoms with Gasteiger partial charge in [0, 0.05) is 0 Å². The average Bonchev–Trinajstić information content (AvgIpc) is 3.26. The van der Waals surface area contributed by atoms with Gasteiger partial charge in [-0.25, -0.2) is 9.59 Å². The van der Waals surface area contributed by atoms with Gasteiger partial charge in [0.15, 0.2) is 18.0 Å². The van der Waals surface area contributed by atoms with Crippen LogP contribution in [0.15, 0.2) is 48.5 Å². The predicted octanol–water partition coefficient (Wildman–Crippen LogP) is 3.20. The molecular formula is C22H22O6. The van der Waals surface area contributed by atoms with Gasteiger partial charge in [0.25, 0.3) is 0 Å². The molecule has 6 nitrogen and oxygen atoms in total. The maximum atomic E-state index is 12.5. The maximum Gasteiger partial charge on any atom is 0.338 e. The molecule has 4 rings (SSSR count). The van der Waals surface area contributed by atoms with E-state index in [-0.39, 0.29) is 6.61 Å². The highest BCUT2D eigenvalue weighted by Crippen LogP contribution is 2.50. The molecule has 2 saturated heterocycles. The van der Waals surface area contributed by atoms with E-state index in [4.69, 9.17) is 18.9 Å². The Morgan fingerprint density at radius 1 is 0.929 bits per heavy atom. The molecule has 28 heavy (non-hydrogen) atoms. The van der Waals surface area contributed by atoms with Crippen molar-refractivity contribution in [2.75, 3.05) is 6.61 Å². The van der Waals surface area contributed by atoms with Crippen LogP contribution >= 0.6 is 0 Å². The Balaban J connectivity index is 1.40. The van der Waals surface area contributed by atoms with E-state index in [9.17, 15) is 9.59 Å². The minimum atomic E-state index is -0.707. The van der Waals surface area contributed by atoms with Crippen LogP contribution < -0.4 is 0 Å². The normalized spacial score (nSPS) is 27.8. The van der Waals surface area contributed by atoms with Crippen molar-refractivity contribution in [3.63, 3.8) is 0 Å². The van der Waals surface area contributed by atoms with Crippen molar-refractivity contribution in [2.45, 2.75) is 44.9 Å². The van der Waals surface area contributed by atoms with Crippen molar-refractivity contribution in [2.24, 2.45) is 0 Å². The summed E-state index contributed by atoms with van der Waals surface area (Å²) in [6.45, 7) is 5.70. The monoisotopic (exact) mass is 382 g/mol. The van der Waals surface area contributed by atoms with Gasteiger partial charge in [-0.3, -0.25) is 0 Å². The van der Waals surface area contributed by atoms with Crippen LogP contribution in [-0.4, -0.2) is 42.6 Å². The molecule has 4 atom stereocenters. The average molecular weight is 382 g/mol. The van der Waals surface area contributed by atoms with Crippen LogP contribution in [0, 0.1) is 13.8 Å². The van der Waals surface area contributed by atoms with Crippen LogP contribution in [0.4, 0.5) is 0 Å². The first-order valence-electron chi connectivity index (χ1n) is 9.21. The molecule has 2 aromatic rings. The van der Waals surface area contributed by atoms with Gasteiger partial charge in [-0.2, -0.15) is 0 Å². The fourth-order valence-corrected chi connectivity index (χ4v) is 3.28. The third-order valence-corrected chi connectivity index (χ3v) is 5.16. The zero-order valence-corrected chi connectivity index (χ0v) is 16.0. The van der Waals surface area contributed by atoms with Gasteiger partial charge >= 0.3 is 11.9 Å². The van der Waals surface area contributed by atoms with E-state index in [2.05, 4.69) is 0 Å². The van der Waals surface area contributed by atoms with Gasteiger partial charge < -0.3 is 18.9 Å². The Morgan fingerprint density at radius 2 is 1.46 bits per heavy atom. The summed E-state index contributed by atoms with van der Waals surface area (Å²) in [7, 11) is 0. The third kappa shape index (κ3) is 3.53. The molecule has 2 aromatic carbocycles. The highest BCUT2D eigenvalue weighted by Gasteiger charge is 2.70. The molecule has 2 fully saturated rings. The fourth-order valence-electron chi connectivity index (χ4n) is 3.28. The number of fused-ring (bicyclic) bond motifs is 1. The second-order valence-corrected chi connectivity index (χ2v) is 7.46. The lowest BCUT2D eigenvalue weighted by molar-refractivity contribution is -0.104. The fraction of sp³-hybridized carbons (Fsp3) is 0.364. The van der Waals surface area contributed by atoms with E-state index >= 15 is 0 Å². The SMILES string of the molecule is Cc1ccc(C(=O)OC[C@H]2O[C@H]3O[C@]3(C)[C@@H]2OC(=O)c2ccc(C)cc2)cc1. The van der Waals surface area contributed by atoms with Crippen molar-refractivity contribution in [1.82, 2.24) is 0 Å². The number of epoxide rings is 1. The largest absolute Gasteiger partial charge is 0.459 e. The molecular weight excluding hydrogens is 360 g/mol. The number of carbonyl (C=O) groups excluding carboxylic acids is 2. The Labute approximate surface area is 163 Å². The quantitative estimate of drug-likeness (QED) is 0.584. The zero-order valence-electron chi connectivity index (χ0n) is 16.0. The molecule has 0 radical (unpaired) electrons. The number of hydrogen-bond donors (Lipinski definition) is 0. The summed E-state index contributed by atoms with van der Waals surface area (Å²) in [5.74, 6) is -0.903. The van der Waals surface area contributed by atoms with Crippen LogP contribution in [0.3, 0.4) is 0 Å². The Morgan fingerprint density at radius 3 is 2.04 bits per heavy atom. The summed E-state index contributed by atoms with van der Waals surface area (Å²) >= 11 is 0.